The smallest absolute Gasteiger partial charge is 0.199 e. The molecule has 0 fully saturated rings. The number of hydrogen-bond donors (Lipinski definition) is 1. The Bertz CT molecular complexity index is 759. The third-order valence-electron chi connectivity index (χ3n) is 2.48. The Morgan fingerprint density at radius 2 is 2.11 bits per heavy atom. The van der Waals surface area contributed by atoms with Crippen molar-refractivity contribution in [2.75, 3.05) is 0 Å². The Kier molecular flexibility index (Phi) is 2.45. The van der Waals surface area contributed by atoms with Crippen molar-refractivity contribution >= 4 is 23.1 Å². The molecule has 3 aromatic rings. The molecular formula is C12H8N4O2. The van der Waals surface area contributed by atoms with E-state index in [9.17, 15) is 4.79 Å². The molecule has 6 nitrogen and oxygen atoms in total. The summed E-state index contributed by atoms with van der Waals surface area (Å²) in [6, 6.07) is 7.10. The number of nitrogens with one attached hydrogen (secondary N) is 1. The first-order valence-electron chi connectivity index (χ1n) is 5.27. The number of rotatable bonds is 2. The first-order chi connectivity index (χ1) is 8.84. The molecule has 0 bridgehead atoms. The van der Waals surface area contributed by atoms with Crippen molar-refractivity contribution in [3.05, 3.63) is 52.1 Å². The summed E-state index contributed by atoms with van der Waals surface area (Å²) in [7, 11) is 0. The second-order valence-electron chi connectivity index (χ2n) is 3.62. The highest BCUT2D eigenvalue weighted by atomic mass is 16.3. The molecule has 2 heterocycles. The first kappa shape index (κ1) is 10.4. The van der Waals surface area contributed by atoms with E-state index in [1.54, 1.807) is 30.4 Å². The van der Waals surface area contributed by atoms with Gasteiger partial charge in [-0.25, -0.2) is 0 Å². The molecule has 2 aromatic heterocycles. The van der Waals surface area contributed by atoms with E-state index in [0.29, 0.717) is 22.4 Å². The van der Waals surface area contributed by atoms with Crippen LogP contribution < -0.4 is 5.43 Å². The van der Waals surface area contributed by atoms with Gasteiger partial charge in [0.25, 0.3) is 0 Å². The molecule has 0 saturated carbocycles. The summed E-state index contributed by atoms with van der Waals surface area (Å²) in [6.45, 7) is 0. The van der Waals surface area contributed by atoms with Gasteiger partial charge in [0.2, 0.25) is 0 Å². The lowest BCUT2D eigenvalue weighted by Crippen LogP contribution is -2.04. The number of fused-ring (bicyclic) bond motifs is 1. The largest absolute Gasteiger partial charge is 0.463 e. The highest BCUT2D eigenvalue weighted by Crippen LogP contribution is 2.11. The van der Waals surface area contributed by atoms with E-state index in [4.69, 9.17) is 4.42 Å². The van der Waals surface area contributed by atoms with Crippen molar-refractivity contribution in [1.29, 1.82) is 0 Å². The minimum absolute atomic E-state index is 0.0865. The Morgan fingerprint density at radius 1 is 1.22 bits per heavy atom. The van der Waals surface area contributed by atoms with Crippen LogP contribution in [0.15, 0.2) is 39.7 Å². The van der Waals surface area contributed by atoms with Crippen LogP contribution in [0.2, 0.25) is 0 Å². The molecular weight excluding hydrogens is 232 g/mol. The standard InChI is InChI=1S/C12H8N4O2/c17-12-8(5-6-11-13-15-16-14-11)7-18-10-4-2-1-3-9(10)12/h1-7H,(H,13,14,15,16)/b6-5+. The van der Waals surface area contributed by atoms with E-state index < -0.39 is 0 Å². The zero-order valence-electron chi connectivity index (χ0n) is 9.20. The number of H-pyrrole nitrogens is 1. The molecule has 1 N–H and O–H groups in total. The van der Waals surface area contributed by atoms with Gasteiger partial charge in [0, 0.05) is 0 Å². The van der Waals surface area contributed by atoms with Crippen molar-refractivity contribution in [1.82, 2.24) is 20.6 Å². The van der Waals surface area contributed by atoms with Crippen molar-refractivity contribution in [2.45, 2.75) is 0 Å². The number of tetrazole rings is 1. The van der Waals surface area contributed by atoms with E-state index >= 15 is 0 Å². The van der Waals surface area contributed by atoms with E-state index in [-0.39, 0.29) is 5.43 Å². The monoisotopic (exact) mass is 240 g/mol. The topological polar surface area (TPSA) is 84.7 Å². The minimum atomic E-state index is -0.0865. The molecule has 3 rings (SSSR count). The maximum absolute atomic E-state index is 12.1. The van der Waals surface area contributed by atoms with Crippen LogP contribution >= 0.6 is 0 Å². The molecule has 0 unspecified atom stereocenters. The fourth-order valence-electron chi connectivity index (χ4n) is 1.61. The molecule has 18 heavy (non-hydrogen) atoms. The van der Waals surface area contributed by atoms with Crippen LogP contribution in [0.3, 0.4) is 0 Å². The average Bonchev–Trinajstić information content (AvgIpc) is 2.91. The first-order valence-corrected chi connectivity index (χ1v) is 5.27. The lowest BCUT2D eigenvalue weighted by atomic mass is 10.1. The SMILES string of the molecule is O=c1c(/C=C/c2nn[nH]n2)coc2ccccc12. The lowest BCUT2D eigenvalue weighted by Gasteiger charge is -1.96. The van der Waals surface area contributed by atoms with Gasteiger partial charge < -0.3 is 4.42 Å². The van der Waals surface area contributed by atoms with Crippen LogP contribution in [0.4, 0.5) is 0 Å². The summed E-state index contributed by atoms with van der Waals surface area (Å²) in [5.74, 6) is 0.405. The highest BCUT2D eigenvalue weighted by Gasteiger charge is 2.03. The number of hydrogen-bond acceptors (Lipinski definition) is 5. The summed E-state index contributed by atoms with van der Waals surface area (Å²) in [4.78, 5) is 12.1. The van der Waals surface area contributed by atoms with E-state index in [1.165, 1.54) is 6.26 Å². The Labute approximate surface area is 101 Å². The van der Waals surface area contributed by atoms with Gasteiger partial charge in [-0.3, -0.25) is 4.79 Å². The number of nitrogens with zero attached hydrogens (tertiary/aromatic N) is 3. The number of para-hydroxylation sites is 1. The van der Waals surface area contributed by atoms with Gasteiger partial charge in [-0.15, -0.1) is 10.2 Å². The summed E-state index contributed by atoms with van der Waals surface area (Å²) in [6.07, 6.45) is 4.61. The molecule has 0 radical (unpaired) electrons. The molecule has 0 saturated heterocycles. The Hall–Kier alpha value is -2.76. The van der Waals surface area contributed by atoms with Crippen LogP contribution in [-0.2, 0) is 0 Å². The van der Waals surface area contributed by atoms with E-state index in [1.807, 2.05) is 6.07 Å². The fraction of sp³-hybridized carbons (Fsp3) is 0. The average molecular weight is 240 g/mol. The molecule has 6 heteroatoms. The third kappa shape index (κ3) is 1.80. The van der Waals surface area contributed by atoms with Gasteiger partial charge in [-0.2, -0.15) is 5.21 Å². The number of aromatic nitrogens is 4. The number of benzene rings is 1. The second-order valence-corrected chi connectivity index (χ2v) is 3.62. The zero-order chi connectivity index (χ0) is 12.4. The molecule has 1 aromatic carbocycles. The van der Waals surface area contributed by atoms with Crippen molar-refractivity contribution < 1.29 is 4.42 Å². The maximum Gasteiger partial charge on any atom is 0.199 e. The van der Waals surface area contributed by atoms with Crippen molar-refractivity contribution in [3.63, 3.8) is 0 Å². The van der Waals surface area contributed by atoms with Gasteiger partial charge in [-0.05, 0) is 29.5 Å². The Morgan fingerprint density at radius 3 is 2.94 bits per heavy atom. The van der Waals surface area contributed by atoms with Crippen molar-refractivity contribution in [2.24, 2.45) is 0 Å². The van der Waals surface area contributed by atoms with Crippen LogP contribution in [0.1, 0.15) is 11.4 Å². The minimum Gasteiger partial charge on any atom is -0.463 e. The van der Waals surface area contributed by atoms with E-state index in [2.05, 4.69) is 20.6 Å². The summed E-state index contributed by atoms with van der Waals surface area (Å²) in [5, 5.41) is 13.8. The molecule has 0 spiro atoms. The third-order valence-corrected chi connectivity index (χ3v) is 2.48. The van der Waals surface area contributed by atoms with Crippen LogP contribution in [0, 0.1) is 0 Å². The fourth-order valence-corrected chi connectivity index (χ4v) is 1.61. The zero-order valence-corrected chi connectivity index (χ0v) is 9.20. The van der Waals surface area contributed by atoms with Gasteiger partial charge in [-0.1, -0.05) is 12.1 Å². The summed E-state index contributed by atoms with van der Waals surface area (Å²) < 4.78 is 5.38. The van der Waals surface area contributed by atoms with E-state index in [0.717, 1.165) is 0 Å². The highest BCUT2D eigenvalue weighted by molar-refractivity contribution is 5.79. The normalized spacial score (nSPS) is 11.3. The van der Waals surface area contributed by atoms with Gasteiger partial charge >= 0.3 is 0 Å². The quantitative estimate of drug-likeness (QED) is 0.733. The molecule has 0 atom stereocenters. The van der Waals surface area contributed by atoms with Gasteiger partial charge in [0.1, 0.15) is 11.8 Å². The molecule has 0 aliphatic carbocycles. The van der Waals surface area contributed by atoms with Gasteiger partial charge in [0.05, 0.1) is 10.9 Å². The predicted molar refractivity (Wildman–Crippen MR) is 65.6 cm³/mol. The number of aromatic amines is 1. The summed E-state index contributed by atoms with van der Waals surface area (Å²) in [5.41, 5.74) is 0.925. The van der Waals surface area contributed by atoms with Crippen molar-refractivity contribution in [3.8, 4) is 0 Å². The molecule has 0 amide bonds. The molecule has 0 aliphatic heterocycles. The van der Waals surface area contributed by atoms with Crippen LogP contribution in [0.25, 0.3) is 23.1 Å². The molecule has 0 aliphatic rings. The Balaban J connectivity index is 2.08. The lowest BCUT2D eigenvalue weighted by molar-refractivity contribution is 0.601. The molecule has 88 valence electrons. The summed E-state index contributed by atoms with van der Waals surface area (Å²) >= 11 is 0. The van der Waals surface area contributed by atoms with Crippen LogP contribution in [0.5, 0.6) is 0 Å². The predicted octanol–water partition coefficient (Wildman–Crippen LogP) is 1.48. The van der Waals surface area contributed by atoms with Crippen LogP contribution in [-0.4, -0.2) is 20.6 Å². The van der Waals surface area contributed by atoms with Gasteiger partial charge in [0.15, 0.2) is 11.3 Å². The second kappa shape index (κ2) is 4.25. The maximum atomic E-state index is 12.1.